The van der Waals surface area contributed by atoms with Crippen LogP contribution >= 0.6 is 0 Å². The molecule has 19 heavy (non-hydrogen) atoms. The second-order valence-corrected chi connectivity index (χ2v) is 6.01. The predicted molar refractivity (Wildman–Crippen MR) is 75.0 cm³/mol. The third kappa shape index (κ3) is 3.79. The van der Waals surface area contributed by atoms with Crippen LogP contribution in [0.25, 0.3) is 0 Å². The van der Waals surface area contributed by atoms with Gasteiger partial charge in [0.25, 0.3) is 0 Å². The minimum Gasteiger partial charge on any atom is -0.347 e. The van der Waals surface area contributed by atoms with Gasteiger partial charge in [0.2, 0.25) is 0 Å². The lowest BCUT2D eigenvalue weighted by Gasteiger charge is -2.25. The number of Topliss-reactive ketones (excluding diaryl/α,β-unsaturated/α-hetero) is 1. The zero-order chi connectivity index (χ0) is 13.7. The smallest absolute Gasteiger partial charge is 0.168 e. The van der Waals surface area contributed by atoms with Gasteiger partial charge in [-0.2, -0.15) is 0 Å². The van der Waals surface area contributed by atoms with Crippen molar-refractivity contribution in [1.29, 1.82) is 0 Å². The van der Waals surface area contributed by atoms with E-state index in [1.165, 1.54) is 12.8 Å². The summed E-state index contributed by atoms with van der Waals surface area (Å²) in [7, 11) is 0. The highest BCUT2D eigenvalue weighted by Crippen LogP contribution is 2.33. The Kier molecular flexibility index (Phi) is 5.40. The van der Waals surface area contributed by atoms with E-state index in [2.05, 4.69) is 13.8 Å². The molecule has 2 aliphatic rings. The Balaban J connectivity index is 1.78. The Morgan fingerprint density at radius 2 is 1.95 bits per heavy atom. The van der Waals surface area contributed by atoms with Gasteiger partial charge in [0.05, 0.1) is 12.7 Å². The lowest BCUT2D eigenvalue weighted by atomic mass is 9.92. The second kappa shape index (κ2) is 6.85. The van der Waals surface area contributed by atoms with Gasteiger partial charge in [-0.15, -0.1) is 0 Å². The number of rotatable bonds is 5. The molecule has 0 radical (unpaired) electrons. The first-order valence-electron chi connectivity index (χ1n) is 8.03. The predicted octanol–water partition coefficient (Wildman–Crippen LogP) is 3.85. The van der Waals surface area contributed by atoms with Gasteiger partial charge in [-0.1, -0.05) is 26.7 Å². The van der Waals surface area contributed by atoms with E-state index in [-0.39, 0.29) is 17.8 Å². The quantitative estimate of drug-likeness (QED) is 0.710. The average molecular weight is 268 g/mol. The van der Waals surface area contributed by atoms with Crippen LogP contribution < -0.4 is 0 Å². The summed E-state index contributed by atoms with van der Waals surface area (Å²) < 4.78 is 11.9. The molecule has 3 heteroatoms. The molecule has 3 nitrogen and oxygen atoms in total. The molecule has 2 fully saturated rings. The molecule has 0 bridgehead atoms. The maximum Gasteiger partial charge on any atom is 0.168 e. The Hall–Kier alpha value is -0.410. The lowest BCUT2D eigenvalue weighted by molar-refractivity contribution is -0.172. The van der Waals surface area contributed by atoms with E-state index in [0.29, 0.717) is 12.4 Å². The maximum absolute atomic E-state index is 12.0. The fourth-order valence-electron chi connectivity index (χ4n) is 3.30. The first-order valence-corrected chi connectivity index (χ1v) is 8.03. The van der Waals surface area contributed by atoms with E-state index in [9.17, 15) is 4.79 Å². The van der Waals surface area contributed by atoms with Crippen LogP contribution in [0.3, 0.4) is 0 Å². The molecule has 0 aromatic heterocycles. The van der Waals surface area contributed by atoms with Gasteiger partial charge in [0, 0.05) is 12.3 Å². The van der Waals surface area contributed by atoms with Crippen molar-refractivity contribution in [3.8, 4) is 0 Å². The summed E-state index contributed by atoms with van der Waals surface area (Å²) in [5, 5.41) is 0. The van der Waals surface area contributed by atoms with Gasteiger partial charge in [-0.25, -0.2) is 0 Å². The van der Waals surface area contributed by atoms with Crippen LogP contribution in [0.2, 0.25) is 0 Å². The van der Waals surface area contributed by atoms with Crippen molar-refractivity contribution in [3.63, 3.8) is 0 Å². The molecule has 1 aliphatic heterocycles. The number of carbonyl (C=O) groups is 1. The molecule has 1 saturated heterocycles. The van der Waals surface area contributed by atoms with Crippen LogP contribution in [0, 0.1) is 5.92 Å². The highest BCUT2D eigenvalue weighted by molar-refractivity contribution is 5.81. The number of ketones is 1. The highest BCUT2D eigenvalue weighted by atomic mass is 16.7. The molecule has 110 valence electrons. The second-order valence-electron chi connectivity index (χ2n) is 6.01. The number of hydrogen-bond acceptors (Lipinski definition) is 3. The number of carbonyl (C=O) groups excluding carboxylic acids is 1. The van der Waals surface area contributed by atoms with E-state index in [4.69, 9.17) is 9.47 Å². The van der Waals surface area contributed by atoms with Gasteiger partial charge in [0.15, 0.2) is 5.79 Å². The SMILES string of the molecule is CCC1(CC)OCC(CCC2CCCCCC2=O)O1. The van der Waals surface area contributed by atoms with Gasteiger partial charge < -0.3 is 9.47 Å². The fraction of sp³-hybridized carbons (Fsp3) is 0.938. The fourth-order valence-corrected chi connectivity index (χ4v) is 3.30. The zero-order valence-electron chi connectivity index (χ0n) is 12.5. The zero-order valence-corrected chi connectivity index (χ0v) is 12.5. The summed E-state index contributed by atoms with van der Waals surface area (Å²) in [5.74, 6) is 0.413. The molecule has 1 aliphatic carbocycles. The first-order chi connectivity index (χ1) is 9.19. The molecular formula is C16H28O3. The van der Waals surface area contributed by atoms with E-state index < -0.39 is 0 Å². The average Bonchev–Trinajstić information content (AvgIpc) is 2.75. The van der Waals surface area contributed by atoms with E-state index in [1.54, 1.807) is 0 Å². The Morgan fingerprint density at radius 3 is 2.63 bits per heavy atom. The van der Waals surface area contributed by atoms with E-state index in [1.807, 2.05) is 0 Å². The molecule has 1 saturated carbocycles. The summed E-state index contributed by atoms with van der Waals surface area (Å²) in [4.78, 5) is 12.0. The normalized spacial score (nSPS) is 31.4. The highest BCUT2D eigenvalue weighted by Gasteiger charge is 2.38. The Bertz CT molecular complexity index is 296. The van der Waals surface area contributed by atoms with Crippen molar-refractivity contribution < 1.29 is 14.3 Å². The van der Waals surface area contributed by atoms with Crippen LogP contribution in [-0.2, 0) is 14.3 Å². The lowest BCUT2D eigenvalue weighted by Crippen LogP contribution is -2.29. The summed E-state index contributed by atoms with van der Waals surface area (Å²) in [5.41, 5.74) is 0. The van der Waals surface area contributed by atoms with Gasteiger partial charge in [-0.05, 0) is 38.5 Å². The molecule has 0 aromatic rings. The summed E-state index contributed by atoms with van der Waals surface area (Å²) in [6.45, 7) is 4.92. The standard InChI is InChI=1S/C16H28O3/c1-3-16(4-2)18-12-14(19-16)11-10-13-8-6-5-7-9-15(13)17/h13-14H,3-12H2,1-2H3. The van der Waals surface area contributed by atoms with Crippen LogP contribution in [0.4, 0.5) is 0 Å². The van der Waals surface area contributed by atoms with Crippen LogP contribution in [0.1, 0.15) is 71.6 Å². The minimum atomic E-state index is -0.349. The van der Waals surface area contributed by atoms with Crippen LogP contribution in [-0.4, -0.2) is 24.3 Å². The van der Waals surface area contributed by atoms with Gasteiger partial charge >= 0.3 is 0 Å². The third-order valence-electron chi connectivity index (χ3n) is 4.76. The first kappa shape index (κ1) is 15.0. The summed E-state index contributed by atoms with van der Waals surface area (Å²) in [6, 6.07) is 0. The molecule has 0 aromatic carbocycles. The molecule has 2 atom stereocenters. The van der Waals surface area contributed by atoms with Gasteiger partial charge in [0.1, 0.15) is 5.78 Å². The van der Waals surface area contributed by atoms with Crippen molar-refractivity contribution >= 4 is 5.78 Å². The van der Waals surface area contributed by atoms with Crippen molar-refractivity contribution in [3.05, 3.63) is 0 Å². The van der Waals surface area contributed by atoms with Crippen molar-refractivity contribution in [2.75, 3.05) is 6.61 Å². The van der Waals surface area contributed by atoms with E-state index >= 15 is 0 Å². The van der Waals surface area contributed by atoms with Crippen molar-refractivity contribution in [1.82, 2.24) is 0 Å². The topological polar surface area (TPSA) is 35.5 Å². The molecule has 0 N–H and O–H groups in total. The van der Waals surface area contributed by atoms with Crippen molar-refractivity contribution in [2.24, 2.45) is 5.92 Å². The number of ether oxygens (including phenoxy) is 2. The van der Waals surface area contributed by atoms with E-state index in [0.717, 1.165) is 44.9 Å². The van der Waals surface area contributed by atoms with Crippen molar-refractivity contribution in [2.45, 2.75) is 83.5 Å². The molecule has 0 amide bonds. The molecule has 1 heterocycles. The van der Waals surface area contributed by atoms with Crippen LogP contribution in [0.5, 0.6) is 0 Å². The monoisotopic (exact) mass is 268 g/mol. The Morgan fingerprint density at radius 1 is 1.16 bits per heavy atom. The largest absolute Gasteiger partial charge is 0.347 e. The molecule has 2 rings (SSSR count). The van der Waals surface area contributed by atoms with Crippen LogP contribution in [0.15, 0.2) is 0 Å². The third-order valence-corrected chi connectivity index (χ3v) is 4.76. The molecule has 2 unspecified atom stereocenters. The molecular weight excluding hydrogens is 240 g/mol. The molecule has 0 spiro atoms. The van der Waals surface area contributed by atoms with Gasteiger partial charge in [-0.3, -0.25) is 4.79 Å². The summed E-state index contributed by atoms with van der Waals surface area (Å²) >= 11 is 0. The minimum absolute atomic E-state index is 0.191. The maximum atomic E-state index is 12.0. The number of hydrogen-bond donors (Lipinski definition) is 0. The summed E-state index contributed by atoms with van der Waals surface area (Å²) in [6.07, 6.45) is 9.36. The Labute approximate surface area is 117 Å².